The highest BCUT2D eigenvalue weighted by Gasteiger charge is 2.55. The summed E-state index contributed by atoms with van der Waals surface area (Å²) in [5.41, 5.74) is 5.35. The second-order valence-electron chi connectivity index (χ2n) is 15.3. The normalized spacial score (nSPS) is 40.2. The van der Waals surface area contributed by atoms with Gasteiger partial charge in [0.15, 0.2) is 0 Å². The molecular weight excluding hydrogens is 579 g/mol. The van der Waals surface area contributed by atoms with E-state index >= 15 is 0 Å². The van der Waals surface area contributed by atoms with Gasteiger partial charge in [0, 0.05) is 0 Å². The van der Waals surface area contributed by atoms with E-state index in [9.17, 15) is 27.6 Å². The third-order valence-electron chi connectivity index (χ3n) is 13.5. The highest BCUT2D eigenvalue weighted by atomic mass is 32.3. The second kappa shape index (κ2) is 11.0. The topological polar surface area (TPSA) is 104 Å². The van der Waals surface area contributed by atoms with Crippen molar-refractivity contribution in [2.24, 2.45) is 34.5 Å². The molecule has 8 rings (SSSR count). The quantitative estimate of drug-likeness (QED) is 0.307. The van der Waals surface area contributed by atoms with E-state index in [0.29, 0.717) is 35.3 Å². The van der Waals surface area contributed by atoms with Crippen LogP contribution in [0.15, 0.2) is 36.4 Å². The third kappa shape index (κ3) is 5.07. The fourth-order valence-corrected chi connectivity index (χ4v) is 11.6. The Morgan fingerprint density at radius 1 is 0.727 bits per heavy atom. The first-order chi connectivity index (χ1) is 20.9. The number of hydrogen-bond acceptors (Lipinski definition) is 6. The van der Waals surface area contributed by atoms with Crippen molar-refractivity contribution in [2.75, 3.05) is 0 Å². The molecule has 0 radical (unpaired) electrons. The van der Waals surface area contributed by atoms with Crippen LogP contribution in [0.1, 0.15) is 112 Å². The molecule has 2 aromatic carbocycles. The number of hydrogen-bond donors (Lipinski definition) is 3. The van der Waals surface area contributed by atoms with Gasteiger partial charge in [0.05, 0.1) is 12.2 Å². The Morgan fingerprint density at radius 3 is 1.75 bits per heavy atom. The first kappa shape index (κ1) is 30.5. The van der Waals surface area contributed by atoms with Crippen molar-refractivity contribution in [3.8, 4) is 11.5 Å². The highest BCUT2D eigenvalue weighted by Crippen LogP contribution is 2.62. The first-order valence-electron chi connectivity index (χ1n) is 16.8. The molecule has 4 fully saturated rings. The molecule has 4 saturated carbocycles. The number of benzene rings is 2. The predicted octanol–water partition coefficient (Wildman–Crippen LogP) is 7.11. The molecule has 44 heavy (non-hydrogen) atoms. The molecule has 2 aromatic rings. The van der Waals surface area contributed by atoms with Crippen LogP contribution in [0.3, 0.4) is 0 Å². The van der Waals surface area contributed by atoms with Gasteiger partial charge < -0.3 is 19.5 Å². The maximum Gasteiger partial charge on any atom is 0.488 e. The molecular formula is C36H47FO6S. The molecule has 0 bridgehead atoms. The lowest BCUT2D eigenvalue weighted by Crippen LogP contribution is -2.43. The summed E-state index contributed by atoms with van der Waals surface area (Å²) >= 11 is 0. The zero-order chi connectivity index (χ0) is 31.0. The van der Waals surface area contributed by atoms with Crippen molar-refractivity contribution in [3.05, 3.63) is 58.7 Å². The Balaban J connectivity index is 0.000000144. The highest BCUT2D eigenvalue weighted by molar-refractivity contribution is 7.81. The van der Waals surface area contributed by atoms with E-state index in [-0.39, 0.29) is 28.8 Å². The van der Waals surface area contributed by atoms with Crippen LogP contribution < -0.4 is 4.18 Å². The zero-order valence-corrected chi connectivity index (χ0v) is 26.7. The van der Waals surface area contributed by atoms with Crippen LogP contribution in [-0.2, 0) is 23.3 Å². The number of aliphatic hydroxyl groups excluding tert-OH is 2. The third-order valence-corrected chi connectivity index (χ3v) is 13.9. The number of aryl methyl sites for hydroxylation is 2. The maximum absolute atomic E-state index is 12.7. The average molecular weight is 627 g/mol. The molecule has 6 nitrogen and oxygen atoms in total. The van der Waals surface area contributed by atoms with Gasteiger partial charge in [0.2, 0.25) is 0 Å². The number of aliphatic hydroxyl groups is 2. The molecule has 6 aliphatic carbocycles. The average Bonchev–Trinajstić information content (AvgIpc) is 3.46. The van der Waals surface area contributed by atoms with Crippen molar-refractivity contribution in [2.45, 2.75) is 115 Å². The fraction of sp³-hybridized carbons (Fsp3) is 0.667. The number of aromatic hydroxyl groups is 1. The Bertz CT molecular complexity index is 1530. The molecule has 0 amide bonds. The standard InChI is InChI=1S/C18H23FO4S.C18H24O2/c1-18-9-8-14-13-5-3-12(23-24(19,21)22)10-11(13)2-4-15(14)16(18)6-7-17(18)20;1-18-9-8-14-13-5-3-12(19)10-11(13)2-4-15(14)16(18)6-7-17(18)20/h3,5,10,14-17,20H,2,4,6-9H2,1H3;3,5,10,14-17,19-20H,2,4,6-9H2,1H3/t2*14-,15-,16+,17+,18+/m11/s1. The van der Waals surface area contributed by atoms with Crippen molar-refractivity contribution in [3.63, 3.8) is 0 Å². The fourth-order valence-electron chi connectivity index (χ4n) is 11.2. The van der Waals surface area contributed by atoms with Crippen LogP contribution in [0.5, 0.6) is 11.5 Å². The summed E-state index contributed by atoms with van der Waals surface area (Å²) in [7, 11) is -4.98. The van der Waals surface area contributed by atoms with Gasteiger partial charge in [-0.15, -0.1) is 0 Å². The maximum atomic E-state index is 12.7. The molecule has 10 atom stereocenters. The monoisotopic (exact) mass is 626 g/mol. The number of phenolic OH excluding ortho intramolecular Hbond substituents is 1. The van der Waals surface area contributed by atoms with E-state index in [1.165, 1.54) is 36.0 Å². The van der Waals surface area contributed by atoms with E-state index in [0.717, 1.165) is 69.3 Å². The molecule has 8 heteroatoms. The van der Waals surface area contributed by atoms with Crippen molar-refractivity contribution in [1.82, 2.24) is 0 Å². The summed E-state index contributed by atoms with van der Waals surface area (Å²) in [6, 6.07) is 11.1. The molecule has 6 aliphatic rings. The lowest BCUT2D eigenvalue weighted by Gasteiger charge is -2.50. The van der Waals surface area contributed by atoms with Crippen LogP contribution >= 0.6 is 0 Å². The van der Waals surface area contributed by atoms with Gasteiger partial charge in [-0.2, -0.15) is 8.42 Å². The van der Waals surface area contributed by atoms with Crippen molar-refractivity contribution in [1.29, 1.82) is 0 Å². The summed E-state index contributed by atoms with van der Waals surface area (Å²) in [5.74, 6) is 4.12. The van der Waals surface area contributed by atoms with Gasteiger partial charge in [0.25, 0.3) is 0 Å². The minimum Gasteiger partial charge on any atom is -0.508 e. The molecule has 0 unspecified atom stereocenters. The molecule has 0 aromatic heterocycles. The number of halogens is 1. The number of rotatable bonds is 2. The SMILES string of the molecule is C[C@]12CC[C@@H]3c4ccc(O)cc4CC[C@H]3[C@@H]1CC[C@@H]2O.C[C@]12CC[C@@H]3c4ccc(OS(=O)(=O)F)cc4CC[C@H]3[C@@H]1CC[C@@H]2O. The first-order valence-corrected chi connectivity index (χ1v) is 18.1. The molecule has 0 heterocycles. The summed E-state index contributed by atoms with van der Waals surface area (Å²) in [5, 5.41) is 30.5. The van der Waals surface area contributed by atoms with E-state index in [1.54, 1.807) is 12.1 Å². The number of fused-ring (bicyclic) bond motifs is 10. The molecule has 3 N–H and O–H groups in total. The van der Waals surface area contributed by atoms with Gasteiger partial charge in [-0.1, -0.05) is 29.9 Å². The molecule has 0 spiro atoms. The molecule has 0 saturated heterocycles. The van der Waals surface area contributed by atoms with Crippen LogP contribution in [0.4, 0.5) is 3.89 Å². The summed E-state index contributed by atoms with van der Waals surface area (Å²) in [6.07, 6.45) is 12.5. The minimum absolute atomic E-state index is 0.0457. The van der Waals surface area contributed by atoms with Gasteiger partial charge in [-0.05, 0) is 170 Å². The summed E-state index contributed by atoms with van der Waals surface area (Å²) in [4.78, 5) is 0. The van der Waals surface area contributed by atoms with Crippen LogP contribution in [0.25, 0.3) is 0 Å². The summed E-state index contributed by atoms with van der Waals surface area (Å²) in [6.45, 7) is 4.56. The molecule has 240 valence electrons. The molecule has 0 aliphatic heterocycles. The van der Waals surface area contributed by atoms with E-state index in [2.05, 4.69) is 24.1 Å². The van der Waals surface area contributed by atoms with E-state index in [4.69, 9.17) is 0 Å². The second-order valence-corrected chi connectivity index (χ2v) is 16.3. The smallest absolute Gasteiger partial charge is 0.488 e. The summed E-state index contributed by atoms with van der Waals surface area (Å²) < 4.78 is 38.5. The Hall–Kier alpha value is -2.16. The van der Waals surface area contributed by atoms with Gasteiger partial charge in [0.1, 0.15) is 11.5 Å². The van der Waals surface area contributed by atoms with E-state index in [1.807, 2.05) is 18.2 Å². The van der Waals surface area contributed by atoms with Gasteiger partial charge in [-0.3, -0.25) is 0 Å². The van der Waals surface area contributed by atoms with E-state index < -0.39 is 10.5 Å². The lowest BCUT2D eigenvalue weighted by atomic mass is 9.55. The zero-order valence-electron chi connectivity index (χ0n) is 25.9. The van der Waals surface area contributed by atoms with Crippen LogP contribution in [0, 0.1) is 34.5 Å². The largest absolute Gasteiger partial charge is 0.508 e. The lowest BCUT2D eigenvalue weighted by molar-refractivity contribution is -0.0226. The minimum atomic E-state index is -4.98. The van der Waals surface area contributed by atoms with Gasteiger partial charge in [-0.25, -0.2) is 0 Å². The Labute approximate surface area is 261 Å². The Kier molecular flexibility index (Phi) is 7.61. The van der Waals surface area contributed by atoms with Crippen LogP contribution in [-0.4, -0.2) is 35.9 Å². The van der Waals surface area contributed by atoms with Crippen molar-refractivity contribution < 1.29 is 31.8 Å². The van der Waals surface area contributed by atoms with Crippen molar-refractivity contribution >= 4 is 10.5 Å². The van der Waals surface area contributed by atoms with Gasteiger partial charge >= 0.3 is 10.5 Å². The van der Waals surface area contributed by atoms with Crippen LogP contribution in [0.2, 0.25) is 0 Å². The number of phenols is 1. The predicted molar refractivity (Wildman–Crippen MR) is 166 cm³/mol. The Morgan fingerprint density at radius 2 is 1.23 bits per heavy atom.